The molecule has 1 aliphatic rings. The number of para-hydroxylation sites is 1. The molecule has 0 radical (unpaired) electrons. The fourth-order valence-electron chi connectivity index (χ4n) is 4.52. The Bertz CT molecular complexity index is 1430. The molecule has 3 aromatic rings. The molecular formula is C30H31ClN4O6. The van der Waals surface area contributed by atoms with Crippen LogP contribution >= 0.6 is 11.6 Å². The van der Waals surface area contributed by atoms with E-state index in [0.717, 1.165) is 10.5 Å². The molecule has 0 aromatic heterocycles. The van der Waals surface area contributed by atoms with Crippen molar-refractivity contribution in [2.24, 2.45) is 11.1 Å². The molecule has 0 bridgehead atoms. The van der Waals surface area contributed by atoms with E-state index in [9.17, 15) is 19.5 Å². The number of ether oxygens (including phenoxy) is 1. The van der Waals surface area contributed by atoms with Crippen molar-refractivity contribution < 1.29 is 29.1 Å². The second kappa shape index (κ2) is 13.7. The molecule has 4 rings (SSSR count). The molecule has 0 saturated carbocycles. The largest absolute Gasteiger partial charge is 0.496 e. The summed E-state index contributed by atoms with van der Waals surface area (Å²) in [7, 11) is 1.54. The van der Waals surface area contributed by atoms with Crippen LogP contribution in [-0.4, -0.2) is 53.9 Å². The van der Waals surface area contributed by atoms with Crippen molar-refractivity contribution in [2.75, 3.05) is 20.2 Å². The van der Waals surface area contributed by atoms with Gasteiger partial charge in [-0.3, -0.25) is 9.69 Å². The number of amidine groups is 1. The number of oxime groups is 1. The molecule has 3 amide bonds. The first-order chi connectivity index (χ1) is 19.8. The van der Waals surface area contributed by atoms with E-state index in [1.165, 1.54) is 19.2 Å². The number of benzene rings is 3. The minimum Gasteiger partial charge on any atom is -0.496 e. The lowest BCUT2D eigenvalue weighted by atomic mass is 9.97. The third kappa shape index (κ3) is 7.55. The molecule has 1 fully saturated rings. The molecule has 3 N–H and O–H groups in total. The zero-order valence-corrected chi connectivity index (χ0v) is 23.4. The Morgan fingerprint density at radius 2 is 1.93 bits per heavy atom. The van der Waals surface area contributed by atoms with E-state index in [4.69, 9.17) is 21.2 Å². The zero-order chi connectivity index (χ0) is 29.4. The van der Waals surface area contributed by atoms with Gasteiger partial charge < -0.3 is 25.3 Å². The van der Waals surface area contributed by atoms with Crippen LogP contribution in [0, 0.1) is 5.92 Å². The van der Waals surface area contributed by atoms with Gasteiger partial charge in [0, 0.05) is 11.6 Å². The maximum absolute atomic E-state index is 13.8. The van der Waals surface area contributed by atoms with Gasteiger partial charge >= 0.3 is 12.0 Å². The van der Waals surface area contributed by atoms with E-state index in [1.807, 2.05) is 13.0 Å². The molecule has 214 valence electrons. The van der Waals surface area contributed by atoms with E-state index < -0.39 is 29.9 Å². The Hall–Kier alpha value is -4.57. The number of aromatic carboxylic acids is 1. The van der Waals surface area contributed by atoms with Crippen molar-refractivity contribution in [3.63, 3.8) is 0 Å². The van der Waals surface area contributed by atoms with Crippen LogP contribution in [0.15, 0.2) is 78.0 Å². The third-order valence-electron chi connectivity index (χ3n) is 6.68. The van der Waals surface area contributed by atoms with Crippen molar-refractivity contribution >= 4 is 35.3 Å². The Morgan fingerprint density at radius 3 is 2.63 bits per heavy atom. The summed E-state index contributed by atoms with van der Waals surface area (Å²) in [5, 5.41) is 20.1. The van der Waals surface area contributed by atoms with E-state index in [-0.39, 0.29) is 25.1 Å². The van der Waals surface area contributed by atoms with Gasteiger partial charge in [0.2, 0.25) is 5.91 Å². The number of nitrogens with zero attached hydrogens (tertiary/aromatic N) is 2. The van der Waals surface area contributed by atoms with E-state index >= 15 is 0 Å². The van der Waals surface area contributed by atoms with Crippen LogP contribution in [0.4, 0.5) is 4.79 Å². The highest BCUT2D eigenvalue weighted by molar-refractivity contribution is 6.30. The molecule has 11 heteroatoms. The lowest BCUT2D eigenvalue weighted by Gasteiger charge is -2.26. The minimum atomic E-state index is -1.07. The number of imide groups is 1. The topological polar surface area (TPSA) is 130 Å². The highest BCUT2D eigenvalue weighted by Gasteiger charge is 2.35. The monoisotopic (exact) mass is 578 g/mol. The Labute approximate surface area is 242 Å². The van der Waals surface area contributed by atoms with E-state index in [0.29, 0.717) is 34.3 Å². The molecule has 0 aliphatic carbocycles. The number of hydrogen-bond acceptors (Lipinski definition) is 6. The normalized spacial score (nSPS) is 16.9. The SMILES string of the molecule is CC[C@@H](NC(=O)N1C/C(=N/Oc2ccccc2)NC[C@@H](Cc2cc(Cl)ccc2OC)C1=O)c1cccc(C(=O)O)c1. The Kier molecular flexibility index (Phi) is 9.81. The van der Waals surface area contributed by atoms with Crippen LogP contribution in [0.1, 0.15) is 40.9 Å². The molecule has 1 saturated heterocycles. The second-order valence-electron chi connectivity index (χ2n) is 9.45. The van der Waals surface area contributed by atoms with Gasteiger partial charge in [-0.25, -0.2) is 9.59 Å². The summed E-state index contributed by atoms with van der Waals surface area (Å²) >= 11 is 6.22. The second-order valence-corrected chi connectivity index (χ2v) is 9.88. The van der Waals surface area contributed by atoms with Crippen LogP contribution < -0.4 is 20.2 Å². The molecule has 1 heterocycles. The number of rotatable bonds is 9. The van der Waals surface area contributed by atoms with Crippen LogP contribution in [0.25, 0.3) is 0 Å². The lowest BCUT2D eigenvalue weighted by molar-refractivity contribution is -0.131. The van der Waals surface area contributed by atoms with E-state index in [2.05, 4.69) is 15.8 Å². The number of hydrogen-bond donors (Lipinski definition) is 3. The number of carbonyl (C=O) groups excluding carboxylic acids is 2. The maximum Gasteiger partial charge on any atom is 0.335 e. The number of nitrogens with one attached hydrogen (secondary N) is 2. The number of carbonyl (C=O) groups is 3. The summed E-state index contributed by atoms with van der Waals surface area (Å²) in [6.45, 7) is 1.89. The van der Waals surface area contributed by atoms with Gasteiger partial charge in [-0.15, -0.1) is 0 Å². The van der Waals surface area contributed by atoms with Crippen LogP contribution in [0.5, 0.6) is 11.5 Å². The summed E-state index contributed by atoms with van der Waals surface area (Å²) in [5.74, 6) is -0.783. The molecule has 41 heavy (non-hydrogen) atoms. The van der Waals surface area contributed by atoms with Gasteiger partial charge in [-0.2, -0.15) is 0 Å². The predicted octanol–water partition coefficient (Wildman–Crippen LogP) is 4.89. The summed E-state index contributed by atoms with van der Waals surface area (Å²) in [5.41, 5.74) is 1.44. The number of urea groups is 1. The first-order valence-corrected chi connectivity index (χ1v) is 13.5. The first kappa shape index (κ1) is 29.4. The van der Waals surface area contributed by atoms with Crippen molar-refractivity contribution in [3.05, 3.63) is 94.5 Å². The number of amides is 3. The number of carboxylic acids is 1. The number of carboxylic acid groups (broad SMARTS) is 1. The molecular weight excluding hydrogens is 548 g/mol. The molecule has 0 unspecified atom stereocenters. The van der Waals surface area contributed by atoms with Crippen molar-refractivity contribution in [1.82, 2.24) is 15.5 Å². The highest BCUT2D eigenvalue weighted by atomic mass is 35.5. The van der Waals surface area contributed by atoms with Gasteiger partial charge in [-0.1, -0.05) is 54.0 Å². The highest BCUT2D eigenvalue weighted by Crippen LogP contribution is 2.27. The van der Waals surface area contributed by atoms with Crippen LogP contribution in [-0.2, 0) is 11.2 Å². The summed E-state index contributed by atoms with van der Waals surface area (Å²) in [6, 6.07) is 19.3. The van der Waals surface area contributed by atoms with E-state index in [1.54, 1.807) is 54.6 Å². The van der Waals surface area contributed by atoms with Gasteiger partial charge in [0.15, 0.2) is 11.6 Å². The molecule has 0 spiro atoms. The zero-order valence-electron chi connectivity index (χ0n) is 22.7. The first-order valence-electron chi connectivity index (χ1n) is 13.1. The lowest BCUT2D eigenvalue weighted by Crippen LogP contribution is -2.48. The van der Waals surface area contributed by atoms with Crippen LogP contribution in [0.3, 0.4) is 0 Å². The average molecular weight is 579 g/mol. The minimum absolute atomic E-state index is 0.105. The maximum atomic E-state index is 13.8. The fraction of sp³-hybridized carbons (Fsp3) is 0.267. The predicted molar refractivity (Wildman–Crippen MR) is 154 cm³/mol. The van der Waals surface area contributed by atoms with Crippen molar-refractivity contribution in [1.29, 1.82) is 0 Å². The smallest absolute Gasteiger partial charge is 0.335 e. The molecule has 1 aliphatic heterocycles. The van der Waals surface area contributed by atoms with Gasteiger partial charge in [-0.05, 0) is 66.4 Å². The molecule has 3 aromatic carbocycles. The number of halogens is 1. The third-order valence-corrected chi connectivity index (χ3v) is 6.91. The van der Waals surface area contributed by atoms with Crippen molar-refractivity contribution in [3.8, 4) is 11.5 Å². The molecule has 2 atom stereocenters. The Morgan fingerprint density at radius 1 is 1.15 bits per heavy atom. The summed E-state index contributed by atoms with van der Waals surface area (Å²) < 4.78 is 5.47. The molecule has 10 nitrogen and oxygen atoms in total. The fourth-order valence-corrected chi connectivity index (χ4v) is 4.72. The average Bonchev–Trinajstić information content (AvgIpc) is 3.14. The quantitative estimate of drug-likeness (QED) is 0.308. The summed E-state index contributed by atoms with van der Waals surface area (Å²) in [4.78, 5) is 45.6. The van der Waals surface area contributed by atoms with Gasteiger partial charge in [0.05, 0.1) is 31.2 Å². The van der Waals surface area contributed by atoms with Crippen LogP contribution in [0.2, 0.25) is 5.02 Å². The van der Waals surface area contributed by atoms with Gasteiger partial charge in [0.25, 0.3) is 0 Å². The Balaban J connectivity index is 1.61. The van der Waals surface area contributed by atoms with Gasteiger partial charge in [0.1, 0.15) is 5.75 Å². The summed E-state index contributed by atoms with van der Waals surface area (Å²) in [6.07, 6.45) is 0.723. The van der Waals surface area contributed by atoms with Crippen molar-refractivity contribution in [2.45, 2.75) is 25.8 Å². The number of methoxy groups -OCH3 is 1. The standard InChI is InChI=1S/C30H31ClN4O6/c1-3-25(19-8-7-9-20(14-19)29(37)38)33-30(39)35-18-27(34-41-24-10-5-4-6-11-24)32-17-22(28(35)36)15-21-16-23(31)12-13-26(21)40-2/h4-14,16,22,25H,3,15,17-18H2,1-2H3,(H,32,34)(H,33,39)(H,37,38)/t22-,25-/m1/s1.